The Hall–Kier alpha value is -3.06. The number of carbonyl (C=O) groups is 1. The highest BCUT2D eigenvalue weighted by molar-refractivity contribution is 6.30. The fourth-order valence-corrected chi connectivity index (χ4v) is 3.24. The number of ether oxygens (including phenoxy) is 2. The van der Waals surface area contributed by atoms with Crippen molar-refractivity contribution in [1.82, 2.24) is 9.97 Å². The maximum atomic E-state index is 13.9. The summed E-state index contributed by atoms with van der Waals surface area (Å²) in [7, 11) is 1.29. The fourth-order valence-electron chi connectivity index (χ4n) is 3.11. The predicted molar refractivity (Wildman–Crippen MR) is 107 cm³/mol. The zero-order valence-corrected chi connectivity index (χ0v) is 17.0. The molecular weight excluding hydrogens is 414 g/mol. The summed E-state index contributed by atoms with van der Waals surface area (Å²) in [5.74, 6) is -1.99. The van der Waals surface area contributed by atoms with Gasteiger partial charge in [-0.15, -0.1) is 0 Å². The van der Waals surface area contributed by atoms with Crippen molar-refractivity contribution in [2.75, 3.05) is 7.11 Å². The number of aromatic nitrogens is 2. The van der Waals surface area contributed by atoms with Crippen molar-refractivity contribution in [3.05, 3.63) is 64.7 Å². The van der Waals surface area contributed by atoms with Crippen LogP contribution in [-0.4, -0.2) is 28.6 Å². The summed E-state index contributed by atoms with van der Waals surface area (Å²) in [6, 6.07) is 10.5. The average molecular weight is 431 g/mol. The number of benzene rings is 2. The molecule has 4 rings (SSSR count). The van der Waals surface area contributed by atoms with Crippen molar-refractivity contribution < 1.29 is 23.0 Å². The molecule has 3 aromatic rings. The van der Waals surface area contributed by atoms with E-state index < -0.39 is 23.2 Å². The molecule has 154 valence electrons. The monoisotopic (exact) mass is 430 g/mol. The van der Waals surface area contributed by atoms with E-state index in [0.29, 0.717) is 46.1 Å². The Morgan fingerprint density at radius 2 is 1.73 bits per heavy atom. The molecule has 0 aliphatic heterocycles. The number of hydrogen-bond donors (Lipinski definition) is 0. The lowest BCUT2D eigenvalue weighted by Gasteiger charge is -2.16. The smallest absolute Gasteiger partial charge is 0.350 e. The van der Waals surface area contributed by atoms with Crippen molar-refractivity contribution in [3.63, 3.8) is 0 Å². The summed E-state index contributed by atoms with van der Waals surface area (Å²) in [6.07, 6.45) is 0.999. The standard InChI is InChI=1S/C22H17ClF2N2O3/c1-12-9-16(24)17(25)10-15(12)18-11-19(30-22(7-8-22)21(28)29-2)27-20(26-18)13-3-5-14(23)6-4-13/h3-6,9-11H,7-8H2,1-2H3. The molecule has 0 amide bonds. The van der Waals surface area contributed by atoms with Gasteiger partial charge < -0.3 is 9.47 Å². The molecule has 8 heteroatoms. The zero-order chi connectivity index (χ0) is 21.5. The van der Waals surface area contributed by atoms with Gasteiger partial charge in [0.05, 0.1) is 12.8 Å². The molecule has 1 fully saturated rings. The third-order valence-corrected chi connectivity index (χ3v) is 5.16. The van der Waals surface area contributed by atoms with Gasteiger partial charge in [0.25, 0.3) is 0 Å². The Balaban J connectivity index is 1.83. The summed E-state index contributed by atoms with van der Waals surface area (Å²) in [5.41, 5.74) is 0.783. The number of halogens is 3. The maximum absolute atomic E-state index is 13.9. The van der Waals surface area contributed by atoms with Gasteiger partial charge in [0.1, 0.15) is 0 Å². The van der Waals surface area contributed by atoms with Crippen LogP contribution in [0.1, 0.15) is 18.4 Å². The molecule has 0 unspecified atom stereocenters. The largest absolute Gasteiger partial charge is 0.466 e. The zero-order valence-electron chi connectivity index (χ0n) is 16.2. The summed E-state index contributed by atoms with van der Waals surface area (Å²) in [4.78, 5) is 21.0. The lowest BCUT2D eigenvalue weighted by atomic mass is 10.0. The van der Waals surface area contributed by atoms with Crippen LogP contribution in [0.3, 0.4) is 0 Å². The lowest BCUT2D eigenvalue weighted by molar-refractivity contribution is -0.151. The third kappa shape index (κ3) is 3.85. The molecule has 1 heterocycles. The van der Waals surface area contributed by atoms with E-state index in [9.17, 15) is 13.6 Å². The quantitative estimate of drug-likeness (QED) is 0.525. The number of aryl methyl sites for hydroxylation is 1. The van der Waals surface area contributed by atoms with Crippen molar-refractivity contribution in [3.8, 4) is 28.5 Å². The Morgan fingerprint density at radius 3 is 2.37 bits per heavy atom. The van der Waals surface area contributed by atoms with Gasteiger partial charge in [0.15, 0.2) is 17.5 Å². The maximum Gasteiger partial charge on any atom is 0.350 e. The van der Waals surface area contributed by atoms with Gasteiger partial charge in [-0.05, 0) is 48.9 Å². The number of carbonyl (C=O) groups excluding carboxylic acids is 1. The van der Waals surface area contributed by atoms with Crippen LogP contribution in [0, 0.1) is 18.6 Å². The first kappa shape index (κ1) is 20.2. The van der Waals surface area contributed by atoms with Gasteiger partial charge in [-0.3, -0.25) is 0 Å². The van der Waals surface area contributed by atoms with Crippen molar-refractivity contribution in [1.29, 1.82) is 0 Å². The molecule has 0 bridgehead atoms. The highest BCUT2D eigenvalue weighted by Gasteiger charge is 2.54. The predicted octanol–water partition coefficient (Wildman–Crippen LogP) is 5.14. The van der Waals surface area contributed by atoms with E-state index in [1.165, 1.54) is 13.2 Å². The summed E-state index contributed by atoms with van der Waals surface area (Å²) < 4.78 is 38.2. The number of methoxy groups -OCH3 is 1. The van der Waals surface area contributed by atoms with Crippen LogP contribution < -0.4 is 4.74 Å². The molecule has 30 heavy (non-hydrogen) atoms. The summed E-state index contributed by atoms with van der Waals surface area (Å²) in [6.45, 7) is 1.65. The van der Waals surface area contributed by atoms with Gasteiger partial charge in [-0.25, -0.2) is 18.6 Å². The van der Waals surface area contributed by atoms with Gasteiger partial charge in [0, 0.05) is 35.1 Å². The molecule has 5 nitrogen and oxygen atoms in total. The van der Waals surface area contributed by atoms with Crippen LogP contribution >= 0.6 is 11.6 Å². The highest BCUT2D eigenvalue weighted by Crippen LogP contribution is 2.42. The first-order valence-corrected chi connectivity index (χ1v) is 9.57. The molecule has 2 aromatic carbocycles. The van der Waals surface area contributed by atoms with E-state index in [2.05, 4.69) is 9.97 Å². The Bertz CT molecular complexity index is 1130. The normalized spacial score (nSPS) is 14.3. The van der Waals surface area contributed by atoms with Gasteiger partial charge in [-0.2, -0.15) is 4.98 Å². The Kier molecular flexibility index (Phi) is 5.15. The average Bonchev–Trinajstić information content (AvgIpc) is 3.51. The second-order valence-corrected chi connectivity index (χ2v) is 7.53. The molecule has 0 atom stereocenters. The molecule has 0 spiro atoms. The molecule has 1 aliphatic carbocycles. The lowest BCUT2D eigenvalue weighted by Crippen LogP contribution is -2.31. The first-order chi connectivity index (χ1) is 14.3. The van der Waals surface area contributed by atoms with E-state index in [0.717, 1.165) is 12.1 Å². The number of hydrogen-bond acceptors (Lipinski definition) is 5. The fraction of sp³-hybridized carbons (Fsp3) is 0.227. The number of nitrogens with zero attached hydrogens (tertiary/aromatic N) is 2. The molecule has 1 aromatic heterocycles. The van der Waals surface area contributed by atoms with Crippen molar-refractivity contribution in [2.24, 2.45) is 0 Å². The van der Waals surface area contributed by atoms with Gasteiger partial charge in [-0.1, -0.05) is 11.6 Å². The molecule has 0 radical (unpaired) electrons. The topological polar surface area (TPSA) is 61.3 Å². The summed E-state index contributed by atoms with van der Waals surface area (Å²) >= 11 is 5.96. The van der Waals surface area contributed by atoms with Crippen molar-refractivity contribution >= 4 is 17.6 Å². The molecule has 0 N–H and O–H groups in total. The van der Waals surface area contributed by atoms with Gasteiger partial charge in [0.2, 0.25) is 11.5 Å². The van der Waals surface area contributed by atoms with Crippen LogP contribution in [0.25, 0.3) is 22.6 Å². The minimum absolute atomic E-state index is 0.136. The third-order valence-electron chi connectivity index (χ3n) is 4.91. The van der Waals surface area contributed by atoms with E-state index in [1.54, 1.807) is 31.2 Å². The van der Waals surface area contributed by atoms with E-state index in [4.69, 9.17) is 21.1 Å². The number of rotatable bonds is 5. The molecule has 0 saturated heterocycles. The number of esters is 1. The van der Waals surface area contributed by atoms with E-state index in [1.807, 2.05) is 0 Å². The van der Waals surface area contributed by atoms with E-state index in [-0.39, 0.29) is 5.88 Å². The second-order valence-electron chi connectivity index (χ2n) is 7.09. The molecular formula is C22H17ClF2N2O3. The van der Waals surface area contributed by atoms with Crippen LogP contribution in [0.5, 0.6) is 5.88 Å². The molecule has 1 saturated carbocycles. The van der Waals surface area contributed by atoms with E-state index >= 15 is 0 Å². The minimum Gasteiger partial charge on any atom is -0.466 e. The van der Waals surface area contributed by atoms with Crippen LogP contribution in [-0.2, 0) is 9.53 Å². The summed E-state index contributed by atoms with van der Waals surface area (Å²) in [5, 5.41) is 0.547. The van der Waals surface area contributed by atoms with Crippen molar-refractivity contribution in [2.45, 2.75) is 25.4 Å². The van der Waals surface area contributed by atoms with Crippen LogP contribution in [0.15, 0.2) is 42.5 Å². The Morgan fingerprint density at radius 1 is 1.07 bits per heavy atom. The Labute approximate surface area is 176 Å². The van der Waals surface area contributed by atoms with Crippen LogP contribution in [0.4, 0.5) is 8.78 Å². The SMILES string of the molecule is COC(=O)C1(Oc2cc(-c3cc(F)c(F)cc3C)nc(-c3ccc(Cl)cc3)n2)CC1. The first-order valence-electron chi connectivity index (χ1n) is 9.20. The highest BCUT2D eigenvalue weighted by atomic mass is 35.5. The second kappa shape index (κ2) is 7.65. The molecule has 1 aliphatic rings. The van der Waals surface area contributed by atoms with Gasteiger partial charge >= 0.3 is 5.97 Å². The minimum atomic E-state index is -1.08. The van der Waals surface area contributed by atoms with Crippen LogP contribution in [0.2, 0.25) is 5.02 Å².